The maximum Gasteiger partial charge on any atom is 0.106 e. The van der Waals surface area contributed by atoms with E-state index in [1.54, 1.807) is 18.4 Å². The molecule has 1 atom stereocenters. The minimum absolute atomic E-state index is 0.647. The molecule has 0 saturated carbocycles. The third kappa shape index (κ3) is 2.49. The number of hydrogen-bond donors (Lipinski definition) is 0. The summed E-state index contributed by atoms with van der Waals surface area (Å²) in [5, 5.41) is 4.06. The Hall–Kier alpha value is -0.0600. The molecule has 2 nitrogen and oxygen atoms in total. The number of hydrogen-bond acceptors (Lipinski definition) is 4. The van der Waals surface area contributed by atoms with E-state index in [9.17, 15) is 0 Å². The van der Waals surface area contributed by atoms with Gasteiger partial charge in [-0.1, -0.05) is 6.42 Å². The minimum atomic E-state index is 0.647. The molecule has 1 unspecified atom stereocenters. The van der Waals surface area contributed by atoms with E-state index < -0.39 is 0 Å². The SMILES string of the molecule is COCc1csc(C2CCCCS2)n1. The van der Waals surface area contributed by atoms with Crippen molar-refractivity contribution in [2.75, 3.05) is 12.9 Å². The molecule has 0 spiro atoms. The summed E-state index contributed by atoms with van der Waals surface area (Å²) in [4.78, 5) is 4.60. The lowest BCUT2D eigenvalue weighted by Gasteiger charge is -2.18. The van der Waals surface area contributed by atoms with Gasteiger partial charge in [-0.2, -0.15) is 11.8 Å². The maximum atomic E-state index is 5.07. The molecule has 1 aliphatic heterocycles. The third-order valence-corrected chi connectivity index (χ3v) is 4.86. The van der Waals surface area contributed by atoms with Crippen molar-refractivity contribution in [3.05, 3.63) is 16.1 Å². The highest BCUT2D eigenvalue weighted by molar-refractivity contribution is 7.99. The molecule has 0 bridgehead atoms. The van der Waals surface area contributed by atoms with Crippen molar-refractivity contribution in [1.82, 2.24) is 4.98 Å². The predicted molar refractivity (Wildman–Crippen MR) is 61.9 cm³/mol. The monoisotopic (exact) mass is 229 g/mol. The molecule has 0 radical (unpaired) electrons. The number of ether oxygens (including phenoxy) is 1. The summed E-state index contributed by atoms with van der Waals surface area (Å²) in [5.41, 5.74) is 1.08. The summed E-state index contributed by atoms with van der Waals surface area (Å²) in [7, 11) is 1.72. The van der Waals surface area contributed by atoms with Crippen molar-refractivity contribution in [2.24, 2.45) is 0 Å². The van der Waals surface area contributed by atoms with Crippen LogP contribution in [0.5, 0.6) is 0 Å². The highest BCUT2D eigenvalue weighted by atomic mass is 32.2. The Morgan fingerprint density at radius 2 is 2.50 bits per heavy atom. The van der Waals surface area contributed by atoms with Crippen LogP contribution in [0.25, 0.3) is 0 Å². The normalized spacial score (nSPS) is 22.5. The van der Waals surface area contributed by atoms with Crippen molar-refractivity contribution >= 4 is 23.1 Å². The number of thiazole rings is 1. The first-order valence-electron chi connectivity index (χ1n) is 4.95. The molecule has 78 valence electrons. The van der Waals surface area contributed by atoms with Gasteiger partial charge in [-0.05, 0) is 18.6 Å². The van der Waals surface area contributed by atoms with Crippen molar-refractivity contribution in [1.29, 1.82) is 0 Å². The molecule has 2 rings (SSSR count). The van der Waals surface area contributed by atoms with Gasteiger partial charge in [-0.25, -0.2) is 4.98 Å². The van der Waals surface area contributed by atoms with Gasteiger partial charge in [0.1, 0.15) is 5.01 Å². The third-order valence-electron chi connectivity index (χ3n) is 2.32. The van der Waals surface area contributed by atoms with Gasteiger partial charge < -0.3 is 4.74 Å². The minimum Gasteiger partial charge on any atom is -0.378 e. The molecular formula is C10H15NOS2. The van der Waals surface area contributed by atoms with E-state index in [0.717, 1.165) is 5.69 Å². The summed E-state index contributed by atoms with van der Waals surface area (Å²) in [6.45, 7) is 0.647. The lowest BCUT2D eigenvalue weighted by atomic mass is 10.2. The van der Waals surface area contributed by atoms with E-state index in [2.05, 4.69) is 22.1 Å². The average Bonchev–Trinajstić information content (AvgIpc) is 2.68. The lowest BCUT2D eigenvalue weighted by Crippen LogP contribution is -2.01. The van der Waals surface area contributed by atoms with Crippen molar-refractivity contribution in [2.45, 2.75) is 31.1 Å². The molecule has 1 fully saturated rings. The average molecular weight is 229 g/mol. The number of rotatable bonds is 3. The van der Waals surface area contributed by atoms with Crippen LogP contribution in [0.4, 0.5) is 0 Å². The fraction of sp³-hybridized carbons (Fsp3) is 0.700. The summed E-state index contributed by atoms with van der Waals surface area (Å²) in [6.07, 6.45) is 4.03. The highest BCUT2D eigenvalue weighted by Gasteiger charge is 2.18. The zero-order valence-corrected chi connectivity index (χ0v) is 10.00. The van der Waals surface area contributed by atoms with Crippen LogP contribution in [-0.2, 0) is 11.3 Å². The first kappa shape index (κ1) is 10.5. The Labute approximate surface area is 93.1 Å². The van der Waals surface area contributed by atoms with Crippen LogP contribution in [-0.4, -0.2) is 17.8 Å². The molecule has 0 N–H and O–H groups in total. The lowest BCUT2D eigenvalue weighted by molar-refractivity contribution is 0.182. The number of methoxy groups -OCH3 is 1. The highest BCUT2D eigenvalue weighted by Crippen LogP contribution is 2.39. The van der Waals surface area contributed by atoms with Gasteiger partial charge in [-0.3, -0.25) is 0 Å². The maximum absolute atomic E-state index is 5.07. The molecule has 1 aromatic heterocycles. The van der Waals surface area contributed by atoms with Gasteiger partial charge in [0.2, 0.25) is 0 Å². The molecule has 14 heavy (non-hydrogen) atoms. The molecular weight excluding hydrogens is 214 g/mol. The molecule has 4 heteroatoms. The molecule has 0 aromatic carbocycles. The fourth-order valence-electron chi connectivity index (χ4n) is 1.62. The van der Waals surface area contributed by atoms with E-state index in [-0.39, 0.29) is 0 Å². The van der Waals surface area contributed by atoms with Gasteiger partial charge in [0.05, 0.1) is 17.6 Å². The van der Waals surface area contributed by atoms with E-state index in [0.29, 0.717) is 11.9 Å². The van der Waals surface area contributed by atoms with Crippen molar-refractivity contribution in [3.8, 4) is 0 Å². The van der Waals surface area contributed by atoms with Crippen LogP contribution in [0.1, 0.15) is 35.2 Å². The second kappa shape index (κ2) is 5.14. The first-order valence-corrected chi connectivity index (χ1v) is 6.88. The van der Waals surface area contributed by atoms with Gasteiger partial charge in [0.25, 0.3) is 0 Å². The van der Waals surface area contributed by atoms with Gasteiger partial charge >= 0.3 is 0 Å². The largest absolute Gasteiger partial charge is 0.378 e. The molecule has 1 saturated heterocycles. The second-order valence-corrected chi connectivity index (χ2v) is 5.67. The molecule has 1 aromatic rings. The molecule has 1 aliphatic rings. The van der Waals surface area contributed by atoms with Crippen LogP contribution >= 0.6 is 23.1 Å². The Morgan fingerprint density at radius 3 is 3.21 bits per heavy atom. The molecule has 0 aliphatic carbocycles. The van der Waals surface area contributed by atoms with Crippen LogP contribution in [0.15, 0.2) is 5.38 Å². The number of thioether (sulfide) groups is 1. The summed E-state index contributed by atoms with van der Waals surface area (Å²) >= 11 is 3.84. The van der Waals surface area contributed by atoms with Crippen molar-refractivity contribution in [3.63, 3.8) is 0 Å². The topological polar surface area (TPSA) is 22.1 Å². The second-order valence-electron chi connectivity index (χ2n) is 3.47. The van der Waals surface area contributed by atoms with E-state index in [1.165, 1.54) is 30.0 Å². The Morgan fingerprint density at radius 1 is 1.57 bits per heavy atom. The van der Waals surface area contributed by atoms with Crippen molar-refractivity contribution < 1.29 is 4.74 Å². The van der Waals surface area contributed by atoms with Crippen LogP contribution in [0.3, 0.4) is 0 Å². The Bertz CT molecular complexity index is 281. The summed E-state index contributed by atoms with van der Waals surface area (Å²) in [6, 6.07) is 0. The van der Waals surface area contributed by atoms with Crippen LogP contribution < -0.4 is 0 Å². The van der Waals surface area contributed by atoms with E-state index in [4.69, 9.17) is 4.74 Å². The Balaban J connectivity index is 2.00. The zero-order valence-electron chi connectivity index (χ0n) is 8.36. The fourth-order valence-corrected chi connectivity index (χ4v) is 3.99. The van der Waals surface area contributed by atoms with Crippen LogP contribution in [0.2, 0.25) is 0 Å². The van der Waals surface area contributed by atoms with Gasteiger partial charge in [0, 0.05) is 12.5 Å². The van der Waals surface area contributed by atoms with E-state index in [1.807, 2.05) is 0 Å². The smallest absolute Gasteiger partial charge is 0.106 e. The zero-order chi connectivity index (χ0) is 9.80. The summed E-state index contributed by atoms with van der Waals surface area (Å²) in [5.74, 6) is 1.30. The van der Waals surface area contributed by atoms with Gasteiger partial charge in [0.15, 0.2) is 0 Å². The molecule has 0 amide bonds. The first-order chi connectivity index (χ1) is 6.90. The number of nitrogens with zero attached hydrogens (tertiary/aromatic N) is 1. The van der Waals surface area contributed by atoms with E-state index >= 15 is 0 Å². The van der Waals surface area contributed by atoms with Gasteiger partial charge in [-0.15, -0.1) is 11.3 Å². The Kier molecular flexibility index (Phi) is 3.84. The molecule has 2 heterocycles. The van der Waals surface area contributed by atoms with Crippen LogP contribution in [0, 0.1) is 0 Å². The quantitative estimate of drug-likeness (QED) is 0.794. The number of aromatic nitrogens is 1. The predicted octanol–water partition coefficient (Wildman–Crippen LogP) is 3.25. The summed E-state index contributed by atoms with van der Waals surface area (Å²) < 4.78 is 5.07. The standard InChI is InChI=1S/C10H15NOS2/c1-12-6-8-7-14-10(11-8)9-4-2-3-5-13-9/h7,9H,2-6H2,1H3.